The lowest BCUT2D eigenvalue weighted by atomic mass is 10.1. The molecule has 1 aliphatic rings. The number of anilines is 1. The predicted molar refractivity (Wildman–Crippen MR) is 83.8 cm³/mol. The third-order valence-electron chi connectivity index (χ3n) is 3.15. The molecule has 1 heterocycles. The number of halogens is 1. The lowest BCUT2D eigenvalue weighted by Crippen LogP contribution is -2.30. The van der Waals surface area contributed by atoms with Crippen LogP contribution < -0.4 is 5.32 Å². The number of hydrogen-bond acceptors (Lipinski definition) is 3. The average molecular weight is 350 g/mol. The maximum absolute atomic E-state index is 12.0. The molecule has 0 fully saturated rings. The topological polar surface area (TPSA) is 49.3 Å². The lowest BCUT2D eigenvalue weighted by Gasteiger charge is -2.18. The minimum atomic E-state index is -1.08. The highest BCUT2D eigenvalue weighted by atomic mass is 79.9. The number of aliphatic hydroxyl groups excluding tert-OH is 1. The molecule has 3 rings (SSSR count). The van der Waals surface area contributed by atoms with Gasteiger partial charge in [0.15, 0.2) is 0 Å². The van der Waals surface area contributed by atoms with E-state index in [9.17, 15) is 9.90 Å². The molecule has 0 saturated carbocycles. The predicted octanol–water partition coefficient (Wildman–Crippen LogP) is 3.60. The standard InChI is InChI=1S/C15H12BrNO2S/c16-10-7-5-9(6-8-10)14-13(18)15(19)17-11-3-1-2-4-12(11)20-14/h1-8,13-14,18H,(H,17,19)/t13-,14+/m1/s1. The summed E-state index contributed by atoms with van der Waals surface area (Å²) in [7, 11) is 0. The largest absolute Gasteiger partial charge is 0.382 e. The third kappa shape index (κ3) is 2.61. The second-order valence-electron chi connectivity index (χ2n) is 4.52. The maximum Gasteiger partial charge on any atom is 0.254 e. The molecule has 0 unspecified atom stereocenters. The van der Waals surface area contributed by atoms with Crippen LogP contribution in [-0.4, -0.2) is 17.1 Å². The summed E-state index contributed by atoms with van der Waals surface area (Å²) in [6.45, 7) is 0. The molecule has 0 saturated heterocycles. The Hall–Kier alpha value is -1.30. The van der Waals surface area contributed by atoms with E-state index >= 15 is 0 Å². The van der Waals surface area contributed by atoms with Gasteiger partial charge in [0.1, 0.15) is 6.10 Å². The zero-order valence-corrected chi connectivity index (χ0v) is 12.8. The zero-order valence-electron chi connectivity index (χ0n) is 10.4. The number of nitrogens with one attached hydrogen (secondary N) is 1. The number of hydrogen-bond donors (Lipinski definition) is 2. The van der Waals surface area contributed by atoms with Crippen molar-refractivity contribution in [3.8, 4) is 0 Å². The van der Waals surface area contributed by atoms with Gasteiger partial charge in [-0.3, -0.25) is 4.79 Å². The quantitative estimate of drug-likeness (QED) is 0.826. The van der Waals surface area contributed by atoms with Gasteiger partial charge >= 0.3 is 0 Å². The van der Waals surface area contributed by atoms with E-state index in [1.165, 1.54) is 11.8 Å². The Morgan fingerprint density at radius 3 is 2.55 bits per heavy atom. The van der Waals surface area contributed by atoms with Crippen molar-refractivity contribution in [1.82, 2.24) is 0 Å². The van der Waals surface area contributed by atoms with Gasteiger partial charge in [-0.05, 0) is 29.8 Å². The molecule has 1 amide bonds. The smallest absolute Gasteiger partial charge is 0.254 e. The summed E-state index contributed by atoms with van der Waals surface area (Å²) in [6.07, 6.45) is -1.08. The highest BCUT2D eigenvalue weighted by Gasteiger charge is 2.32. The van der Waals surface area contributed by atoms with Crippen LogP contribution in [0.3, 0.4) is 0 Å². The number of thioether (sulfide) groups is 1. The number of amides is 1. The van der Waals surface area contributed by atoms with Gasteiger partial charge in [0.2, 0.25) is 0 Å². The SMILES string of the molecule is O=C1Nc2ccccc2S[C@@H](c2ccc(Br)cc2)[C@H]1O. The number of fused-ring (bicyclic) bond motifs is 1. The third-order valence-corrected chi connectivity index (χ3v) is 5.08. The van der Waals surface area contributed by atoms with Crippen molar-refractivity contribution in [2.45, 2.75) is 16.2 Å². The molecule has 2 atom stereocenters. The first-order valence-corrected chi connectivity index (χ1v) is 7.82. The molecule has 102 valence electrons. The van der Waals surface area contributed by atoms with E-state index in [-0.39, 0.29) is 11.2 Å². The Balaban J connectivity index is 2.01. The van der Waals surface area contributed by atoms with Gasteiger partial charge in [-0.1, -0.05) is 40.2 Å². The fraction of sp³-hybridized carbons (Fsp3) is 0.133. The van der Waals surface area contributed by atoms with E-state index in [2.05, 4.69) is 21.2 Å². The van der Waals surface area contributed by atoms with Crippen molar-refractivity contribution >= 4 is 39.3 Å². The average Bonchev–Trinajstić information content (AvgIpc) is 2.58. The minimum Gasteiger partial charge on any atom is -0.382 e. The molecule has 2 N–H and O–H groups in total. The van der Waals surface area contributed by atoms with Gasteiger partial charge in [-0.15, -0.1) is 11.8 Å². The van der Waals surface area contributed by atoms with Crippen LogP contribution in [0.25, 0.3) is 0 Å². The highest BCUT2D eigenvalue weighted by molar-refractivity contribution is 9.10. The van der Waals surface area contributed by atoms with E-state index in [1.54, 1.807) is 0 Å². The van der Waals surface area contributed by atoms with E-state index in [4.69, 9.17) is 0 Å². The Morgan fingerprint density at radius 1 is 1.10 bits per heavy atom. The summed E-state index contributed by atoms with van der Waals surface area (Å²) in [6, 6.07) is 15.3. The molecule has 2 aromatic rings. The van der Waals surface area contributed by atoms with E-state index in [0.717, 1.165) is 20.6 Å². The molecule has 3 nitrogen and oxygen atoms in total. The van der Waals surface area contributed by atoms with Crippen LogP contribution in [0.5, 0.6) is 0 Å². The second kappa shape index (κ2) is 5.60. The van der Waals surface area contributed by atoms with E-state index in [0.29, 0.717) is 0 Å². The van der Waals surface area contributed by atoms with Crippen LogP contribution in [0.15, 0.2) is 57.9 Å². The normalized spacial score (nSPS) is 21.8. The first kappa shape index (κ1) is 13.7. The number of carbonyl (C=O) groups is 1. The molecule has 0 aliphatic carbocycles. The fourth-order valence-electron chi connectivity index (χ4n) is 2.12. The van der Waals surface area contributed by atoms with Crippen molar-refractivity contribution in [3.05, 3.63) is 58.6 Å². The van der Waals surface area contributed by atoms with Crippen molar-refractivity contribution in [2.75, 3.05) is 5.32 Å². The Bertz CT molecular complexity index is 645. The summed E-state index contributed by atoms with van der Waals surface area (Å²) in [5.41, 5.74) is 1.68. The molecular weight excluding hydrogens is 338 g/mol. The number of rotatable bonds is 1. The molecule has 2 aromatic carbocycles. The van der Waals surface area contributed by atoms with Crippen LogP contribution >= 0.6 is 27.7 Å². The van der Waals surface area contributed by atoms with Gasteiger partial charge in [-0.2, -0.15) is 0 Å². The highest BCUT2D eigenvalue weighted by Crippen LogP contribution is 2.43. The summed E-state index contributed by atoms with van der Waals surface area (Å²) in [5.74, 6) is -0.365. The maximum atomic E-state index is 12.0. The van der Waals surface area contributed by atoms with Crippen LogP contribution in [0.1, 0.15) is 10.8 Å². The Morgan fingerprint density at radius 2 is 1.80 bits per heavy atom. The van der Waals surface area contributed by atoms with Crippen LogP contribution in [0.2, 0.25) is 0 Å². The van der Waals surface area contributed by atoms with Crippen LogP contribution in [0.4, 0.5) is 5.69 Å². The molecule has 0 spiro atoms. The molecule has 5 heteroatoms. The fourth-order valence-corrected chi connectivity index (χ4v) is 3.61. The molecule has 0 bridgehead atoms. The summed E-state index contributed by atoms with van der Waals surface area (Å²) in [4.78, 5) is 13.0. The van der Waals surface area contributed by atoms with Gasteiger partial charge in [0.05, 0.1) is 10.9 Å². The summed E-state index contributed by atoms with van der Waals surface area (Å²) < 4.78 is 0.971. The zero-order chi connectivity index (χ0) is 14.1. The number of aliphatic hydroxyl groups is 1. The summed E-state index contributed by atoms with van der Waals surface area (Å²) >= 11 is 4.89. The first-order chi connectivity index (χ1) is 9.65. The Labute approximate surface area is 129 Å². The Kier molecular flexibility index (Phi) is 3.83. The molecular formula is C15H12BrNO2S. The van der Waals surface area contributed by atoms with Crippen molar-refractivity contribution in [1.29, 1.82) is 0 Å². The first-order valence-electron chi connectivity index (χ1n) is 6.15. The summed E-state index contributed by atoms with van der Waals surface area (Å²) in [5, 5.41) is 12.7. The van der Waals surface area contributed by atoms with Gasteiger partial charge in [0.25, 0.3) is 5.91 Å². The lowest BCUT2D eigenvalue weighted by molar-refractivity contribution is -0.124. The molecule has 1 aliphatic heterocycles. The second-order valence-corrected chi connectivity index (χ2v) is 6.62. The monoisotopic (exact) mass is 349 g/mol. The van der Waals surface area contributed by atoms with Crippen LogP contribution in [0, 0.1) is 0 Å². The van der Waals surface area contributed by atoms with Gasteiger partial charge in [-0.25, -0.2) is 0 Å². The van der Waals surface area contributed by atoms with E-state index in [1.807, 2.05) is 48.5 Å². The van der Waals surface area contributed by atoms with Crippen molar-refractivity contribution < 1.29 is 9.90 Å². The van der Waals surface area contributed by atoms with Gasteiger partial charge < -0.3 is 10.4 Å². The van der Waals surface area contributed by atoms with Crippen molar-refractivity contribution in [3.63, 3.8) is 0 Å². The van der Waals surface area contributed by atoms with Gasteiger partial charge in [0, 0.05) is 9.37 Å². The number of carbonyl (C=O) groups excluding carboxylic acids is 1. The minimum absolute atomic E-state index is 0.313. The molecule has 0 radical (unpaired) electrons. The van der Waals surface area contributed by atoms with Crippen LogP contribution in [-0.2, 0) is 4.79 Å². The van der Waals surface area contributed by atoms with E-state index < -0.39 is 6.10 Å². The number of benzene rings is 2. The number of para-hydroxylation sites is 1. The van der Waals surface area contributed by atoms with Crippen molar-refractivity contribution in [2.24, 2.45) is 0 Å². The molecule has 20 heavy (non-hydrogen) atoms. The molecule has 0 aromatic heterocycles.